The maximum absolute atomic E-state index is 12.1. The summed E-state index contributed by atoms with van der Waals surface area (Å²) in [5, 5.41) is 10.5. The van der Waals surface area contributed by atoms with E-state index in [4.69, 9.17) is 9.72 Å². The van der Waals surface area contributed by atoms with Crippen molar-refractivity contribution < 1.29 is 9.53 Å². The number of hydrogen-bond acceptors (Lipinski definition) is 10. The second kappa shape index (κ2) is 10.4. The van der Waals surface area contributed by atoms with Crippen LogP contribution in [0, 0.1) is 6.92 Å². The van der Waals surface area contributed by atoms with Gasteiger partial charge in [-0.15, -0.1) is 0 Å². The lowest BCUT2D eigenvalue weighted by atomic mass is 10.2. The Hall–Kier alpha value is -3.24. The number of benzene rings is 1. The van der Waals surface area contributed by atoms with Crippen LogP contribution in [0.25, 0.3) is 0 Å². The SMILES string of the molecule is CCOC(=O)c1sc(Nc2nc(NCc3ccccc3)cc(N3CCNCC3)n2)nc1C. The van der Waals surface area contributed by atoms with E-state index in [0.717, 1.165) is 37.8 Å². The number of carbonyl (C=O) groups excluding carboxylic acids is 1. The van der Waals surface area contributed by atoms with Crippen molar-refractivity contribution in [2.75, 3.05) is 48.3 Å². The number of nitrogens with one attached hydrogen (secondary N) is 3. The molecule has 1 fully saturated rings. The molecule has 1 aromatic carbocycles. The van der Waals surface area contributed by atoms with Crippen LogP contribution >= 0.6 is 11.3 Å². The molecular weight excluding hydrogens is 426 g/mol. The zero-order valence-corrected chi connectivity index (χ0v) is 19.0. The number of hydrogen-bond donors (Lipinski definition) is 3. The van der Waals surface area contributed by atoms with E-state index in [9.17, 15) is 4.79 Å². The Balaban J connectivity index is 1.57. The van der Waals surface area contributed by atoms with E-state index < -0.39 is 0 Å². The van der Waals surface area contributed by atoms with Gasteiger partial charge in [0, 0.05) is 38.8 Å². The van der Waals surface area contributed by atoms with Crippen molar-refractivity contribution in [3.8, 4) is 0 Å². The molecule has 10 heteroatoms. The van der Waals surface area contributed by atoms with E-state index in [2.05, 4.69) is 43.0 Å². The van der Waals surface area contributed by atoms with Gasteiger partial charge in [-0.25, -0.2) is 9.78 Å². The molecule has 0 amide bonds. The molecular formula is C22H27N7O2S. The normalized spacial score (nSPS) is 13.6. The number of esters is 1. The van der Waals surface area contributed by atoms with Gasteiger partial charge in [0.05, 0.1) is 12.3 Å². The lowest BCUT2D eigenvalue weighted by molar-refractivity contribution is 0.0531. The number of carbonyl (C=O) groups is 1. The van der Waals surface area contributed by atoms with Gasteiger partial charge in [-0.2, -0.15) is 9.97 Å². The standard InChI is InChI=1S/C22H27N7O2S/c1-3-31-20(30)19-15(2)25-22(32-19)28-21-26-17(24-14-16-7-5-4-6-8-16)13-18(27-21)29-11-9-23-10-12-29/h4-8,13,23H,3,9-12,14H2,1-2H3,(H2,24,25,26,27,28). The number of aromatic nitrogens is 3. The van der Waals surface area contributed by atoms with E-state index >= 15 is 0 Å². The summed E-state index contributed by atoms with van der Waals surface area (Å²) >= 11 is 1.24. The summed E-state index contributed by atoms with van der Waals surface area (Å²) in [5.41, 5.74) is 1.79. The highest BCUT2D eigenvalue weighted by Gasteiger charge is 2.19. The number of anilines is 4. The molecule has 2 aromatic heterocycles. The molecule has 3 aromatic rings. The van der Waals surface area contributed by atoms with Crippen LogP contribution in [0.15, 0.2) is 36.4 Å². The highest BCUT2D eigenvalue weighted by atomic mass is 32.1. The van der Waals surface area contributed by atoms with Gasteiger partial charge in [0.2, 0.25) is 5.95 Å². The predicted molar refractivity (Wildman–Crippen MR) is 127 cm³/mol. The van der Waals surface area contributed by atoms with Crippen LogP contribution in [0.3, 0.4) is 0 Å². The Bertz CT molecular complexity index is 1050. The zero-order valence-electron chi connectivity index (χ0n) is 18.2. The van der Waals surface area contributed by atoms with Gasteiger partial charge >= 0.3 is 5.97 Å². The summed E-state index contributed by atoms with van der Waals surface area (Å²) < 4.78 is 5.11. The summed E-state index contributed by atoms with van der Waals surface area (Å²) in [6.45, 7) is 8.12. The van der Waals surface area contributed by atoms with E-state index in [0.29, 0.717) is 34.8 Å². The molecule has 1 saturated heterocycles. The fraction of sp³-hybridized carbons (Fsp3) is 0.364. The van der Waals surface area contributed by atoms with E-state index in [-0.39, 0.29) is 5.97 Å². The molecule has 0 bridgehead atoms. The summed E-state index contributed by atoms with van der Waals surface area (Å²) in [6.07, 6.45) is 0. The topological polar surface area (TPSA) is 104 Å². The first-order valence-electron chi connectivity index (χ1n) is 10.7. The summed E-state index contributed by atoms with van der Waals surface area (Å²) in [5.74, 6) is 1.63. The smallest absolute Gasteiger partial charge is 0.350 e. The summed E-state index contributed by atoms with van der Waals surface area (Å²) in [6, 6.07) is 12.1. The second-order valence-corrected chi connectivity index (χ2v) is 8.29. The minimum absolute atomic E-state index is 0.325. The number of aryl methyl sites for hydroxylation is 1. The number of ether oxygens (including phenoxy) is 1. The number of piperazine rings is 1. The maximum atomic E-state index is 12.1. The lowest BCUT2D eigenvalue weighted by Crippen LogP contribution is -2.44. The lowest BCUT2D eigenvalue weighted by Gasteiger charge is -2.28. The molecule has 0 aliphatic carbocycles. The van der Waals surface area contributed by atoms with Crippen molar-refractivity contribution >= 4 is 40.0 Å². The minimum Gasteiger partial charge on any atom is -0.462 e. The minimum atomic E-state index is -0.365. The van der Waals surface area contributed by atoms with Crippen molar-refractivity contribution in [2.24, 2.45) is 0 Å². The van der Waals surface area contributed by atoms with Crippen LogP contribution in [0.2, 0.25) is 0 Å². The van der Waals surface area contributed by atoms with Gasteiger partial charge in [-0.3, -0.25) is 5.32 Å². The fourth-order valence-electron chi connectivity index (χ4n) is 3.36. The molecule has 9 nitrogen and oxygen atoms in total. The predicted octanol–water partition coefficient (Wildman–Crippen LogP) is 3.18. The Morgan fingerprint density at radius 1 is 1.19 bits per heavy atom. The molecule has 0 saturated carbocycles. The molecule has 4 rings (SSSR count). The molecule has 0 atom stereocenters. The van der Waals surface area contributed by atoms with E-state index in [1.807, 2.05) is 24.3 Å². The molecule has 3 heterocycles. The molecule has 32 heavy (non-hydrogen) atoms. The van der Waals surface area contributed by atoms with E-state index in [1.165, 1.54) is 16.9 Å². The molecule has 168 valence electrons. The first-order chi connectivity index (χ1) is 15.6. The molecule has 0 unspecified atom stereocenters. The Morgan fingerprint density at radius 2 is 1.97 bits per heavy atom. The molecule has 1 aliphatic heterocycles. The van der Waals surface area contributed by atoms with Crippen LogP contribution < -0.4 is 20.9 Å². The monoisotopic (exact) mass is 453 g/mol. The summed E-state index contributed by atoms with van der Waals surface area (Å²) in [7, 11) is 0. The van der Waals surface area contributed by atoms with Crippen molar-refractivity contribution in [2.45, 2.75) is 20.4 Å². The quantitative estimate of drug-likeness (QED) is 0.444. The number of thiazole rings is 1. The number of rotatable bonds is 8. The van der Waals surface area contributed by atoms with Crippen LogP contribution in [-0.4, -0.2) is 53.7 Å². The Labute approximate surface area is 191 Å². The van der Waals surface area contributed by atoms with Crippen LogP contribution in [0.1, 0.15) is 27.9 Å². The highest BCUT2D eigenvalue weighted by molar-refractivity contribution is 7.17. The van der Waals surface area contributed by atoms with Gasteiger partial charge in [-0.1, -0.05) is 41.7 Å². The Kier molecular flexibility index (Phi) is 7.13. The third kappa shape index (κ3) is 5.51. The molecule has 0 radical (unpaired) electrons. The van der Waals surface area contributed by atoms with Crippen molar-refractivity contribution in [1.82, 2.24) is 20.3 Å². The van der Waals surface area contributed by atoms with Crippen LogP contribution in [0.5, 0.6) is 0 Å². The van der Waals surface area contributed by atoms with Crippen LogP contribution in [-0.2, 0) is 11.3 Å². The molecule has 3 N–H and O–H groups in total. The average molecular weight is 454 g/mol. The third-order valence-corrected chi connectivity index (χ3v) is 6.00. The van der Waals surface area contributed by atoms with Crippen LogP contribution in [0.4, 0.5) is 22.7 Å². The van der Waals surface area contributed by atoms with Gasteiger partial charge < -0.3 is 20.3 Å². The average Bonchev–Trinajstić information content (AvgIpc) is 3.19. The third-order valence-electron chi connectivity index (χ3n) is 4.95. The number of nitrogens with zero attached hydrogens (tertiary/aromatic N) is 4. The molecule has 1 aliphatic rings. The van der Waals surface area contributed by atoms with Gasteiger partial charge in [-0.05, 0) is 19.4 Å². The second-order valence-electron chi connectivity index (χ2n) is 7.29. The van der Waals surface area contributed by atoms with Gasteiger partial charge in [0.1, 0.15) is 16.5 Å². The van der Waals surface area contributed by atoms with Gasteiger partial charge in [0.15, 0.2) is 5.13 Å². The highest BCUT2D eigenvalue weighted by Crippen LogP contribution is 2.27. The largest absolute Gasteiger partial charge is 0.462 e. The van der Waals surface area contributed by atoms with Crippen molar-refractivity contribution in [3.05, 3.63) is 52.5 Å². The fourth-order valence-corrected chi connectivity index (χ4v) is 4.21. The summed E-state index contributed by atoms with van der Waals surface area (Å²) in [4.78, 5) is 28.6. The Morgan fingerprint density at radius 3 is 2.72 bits per heavy atom. The maximum Gasteiger partial charge on any atom is 0.350 e. The van der Waals surface area contributed by atoms with E-state index in [1.54, 1.807) is 13.8 Å². The molecule has 0 spiro atoms. The first kappa shape index (κ1) is 22.0. The zero-order chi connectivity index (χ0) is 22.3. The van der Waals surface area contributed by atoms with Crippen molar-refractivity contribution in [3.63, 3.8) is 0 Å². The van der Waals surface area contributed by atoms with Gasteiger partial charge in [0.25, 0.3) is 0 Å². The first-order valence-corrected chi connectivity index (χ1v) is 11.5. The van der Waals surface area contributed by atoms with Crippen molar-refractivity contribution in [1.29, 1.82) is 0 Å².